The molecule has 0 N–H and O–H groups in total. The highest BCUT2D eigenvalue weighted by molar-refractivity contribution is 5.71. The molecule has 0 saturated heterocycles. The number of esters is 1. The van der Waals surface area contributed by atoms with E-state index in [1.165, 1.54) is 13.2 Å². The predicted molar refractivity (Wildman–Crippen MR) is 53.0 cm³/mol. The second-order valence-corrected chi connectivity index (χ2v) is 3.31. The number of methoxy groups -OCH3 is 1. The smallest absolute Gasteiger partial charge is 0.311 e. The molecule has 3 nitrogen and oxygen atoms in total. The molecule has 1 rings (SSSR count). The monoisotopic (exact) mass is 230 g/mol. The summed E-state index contributed by atoms with van der Waals surface area (Å²) in [7, 11) is 1.26. The van der Waals surface area contributed by atoms with Gasteiger partial charge in [-0.1, -0.05) is 0 Å². The van der Waals surface area contributed by atoms with E-state index in [1.807, 2.05) is 0 Å². The Morgan fingerprint density at radius 2 is 2.12 bits per heavy atom. The average molecular weight is 230 g/mol. The summed E-state index contributed by atoms with van der Waals surface area (Å²) in [5.41, 5.74) is 0. The van der Waals surface area contributed by atoms with E-state index in [0.717, 1.165) is 12.1 Å². The summed E-state index contributed by atoms with van der Waals surface area (Å²) in [6.45, 7) is 1.57. The van der Waals surface area contributed by atoms with Crippen molar-refractivity contribution in [3.05, 3.63) is 29.8 Å². The molecule has 0 aliphatic rings. The third-order valence-corrected chi connectivity index (χ3v) is 1.99. The van der Waals surface area contributed by atoms with Crippen molar-refractivity contribution in [3.8, 4) is 5.75 Å². The molecule has 88 valence electrons. The van der Waals surface area contributed by atoms with E-state index in [4.69, 9.17) is 4.74 Å². The molecule has 1 aromatic rings. The zero-order chi connectivity index (χ0) is 12.1. The second-order valence-electron chi connectivity index (χ2n) is 3.31. The molecular formula is C11H12F2O3. The topological polar surface area (TPSA) is 35.5 Å². The molecule has 0 aliphatic carbocycles. The highest BCUT2D eigenvalue weighted by Crippen LogP contribution is 2.18. The van der Waals surface area contributed by atoms with E-state index < -0.39 is 23.5 Å². The van der Waals surface area contributed by atoms with Gasteiger partial charge in [0.1, 0.15) is 12.4 Å². The van der Waals surface area contributed by atoms with Crippen LogP contribution in [0.4, 0.5) is 8.78 Å². The molecule has 0 radical (unpaired) electrons. The van der Waals surface area contributed by atoms with Crippen molar-refractivity contribution in [1.82, 2.24) is 0 Å². The fraction of sp³-hybridized carbons (Fsp3) is 0.364. The number of carbonyl (C=O) groups excluding carboxylic acids is 1. The van der Waals surface area contributed by atoms with Crippen LogP contribution in [0, 0.1) is 17.6 Å². The predicted octanol–water partition coefficient (Wildman–Crippen LogP) is 2.15. The van der Waals surface area contributed by atoms with Gasteiger partial charge in [-0.15, -0.1) is 0 Å². The molecule has 0 aromatic heterocycles. The summed E-state index contributed by atoms with van der Waals surface area (Å²) in [4.78, 5) is 11.0. The molecule has 0 saturated carbocycles. The van der Waals surface area contributed by atoms with Crippen LogP contribution in [0.1, 0.15) is 6.92 Å². The molecular weight excluding hydrogens is 218 g/mol. The van der Waals surface area contributed by atoms with Crippen molar-refractivity contribution in [2.75, 3.05) is 13.7 Å². The van der Waals surface area contributed by atoms with Crippen molar-refractivity contribution < 1.29 is 23.0 Å². The van der Waals surface area contributed by atoms with Crippen LogP contribution in [0.2, 0.25) is 0 Å². The highest BCUT2D eigenvalue weighted by Gasteiger charge is 2.15. The molecule has 0 aliphatic heterocycles. The number of hydrogen-bond donors (Lipinski definition) is 0. The third kappa shape index (κ3) is 3.18. The Morgan fingerprint density at radius 3 is 2.69 bits per heavy atom. The van der Waals surface area contributed by atoms with Crippen LogP contribution >= 0.6 is 0 Å². The lowest BCUT2D eigenvalue weighted by Gasteiger charge is -2.11. The first kappa shape index (κ1) is 12.4. The lowest BCUT2D eigenvalue weighted by molar-refractivity contribution is -0.145. The van der Waals surface area contributed by atoms with Gasteiger partial charge in [0.05, 0.1) is 13.0 Å². The first-order valence-electron chi connectivity index (χ1n) is 4.70. The van der Waals surface area contributed by atoms with Gasteiger partial charge in [-0.2, -0.15) is 0 Å². The minimum Gasteiger partial charge on any atom is -0.490 e. The molecule has 0 bridgehead atoms. The molecule has 0 fully saturated rings. The van der Waals surface area contributed by atoms with Crippen molar-refractivity contribution in [1.29, 1.82) is 0 Å². The van der Waals surface area contributed by atoms with E-state index in [-0.39, 0.29) is 12.4 Å². The normalized spacial score (nSPS) is 12.0. The van der Waals surface area contributed by atoms with E-state index in [0.29, 0.717) is 0 Å². The summed E-state index contributed by atoms with van der Waals surface area (Å²) in [5, 5.41) is 0. The number of benzene rings is 1. The van der Waals surface area contributed by atoms with Crippen LogP contribution in [0.5, 0.6) is 5.75 Å². The fourth-order valence-electron chi connectivity index (χ4n) is 1.08. The molecule has 1 aromatic carbocycles. The molecule has 0 amide bonds. The number of halogens is 2. The molecule has 16 heavy (non-hydrogen) atoms. The number of ether oxygens (including phenoxy) is 2. The van der Waals surface area contributed by atoms with Crippen LogP contribution < -0.4 is 4.74 Å². The Labute approximate surface area is 92.0 Å². The first-order chi connectivity index (χ1) is 7.54. The van der Waals surface area contributed by atoms with E-state index >= 15 is 0 Å². The van der Waals surface area contributed by atoms with Crippen molar-refractivity contribution >= 4 is 5.97 Å². The summed E-state index contributed by atoms with van der Waals surface area (Å²) < 4.78 is 35.2. The summed E-state index contributed by atoms with van der Waals surface area (Å²) in [6.07, 6.45) is 0. The summed E-state index contributed by atoms with van der Waals surface area (Å²) >= 11 is 0. The maximum atomic E-state index is 13.1. The molecule has 0 spiro atoms. The number of rotatable bonds is 4. The molecule has 1 unspecified atom stereocenters. The summed E-state index contributed by atoms with van der Waals surface area (Å²) in [5.74, 6) is -2.50. The third-order valence-electron chi connectivity index (χ3n) is 1.99. The Hall–Kier alpha value is -1.65. The lowest BCUT2D eigenvalue weighted by atomic mass is 10.2. The van der Waals surface area contributed by atoms with Crippen LogP contribution in [0.25, 0.3) is 0 Å². The quantitative estimate of drug-likeness (QED) is 0.743. The average Bonchev–Trinajstić information content (AvgIpc) is 2.26. The van der Waals surface area contributed by atoms with Gasteiger partial charge >= 0.3 is 5.97 Å². The summed E-state index contributed by atoms with van der Waals surface area (Å²) in [6, 6.07) is 2.98. The Balaban J connectivity index is 2.58. The first-order valence-corrected chi connectivity index (χ1v) is 4.70. The minimum absolute atomic E-state index is 0.0186. The highest BCUT2D eigenvalue weighted by atomic mass is 19.1. The van der Waals surface area contributed by atoms with Crippen molar-refractivity contribution in [2.45, 2.75) is 6.92 Å². The van der Waals surface area contributed by atoms with Gasteiger partial charge in [-0.3, -0.25) is 4.79 Å². The van der Waals surface area contributed by atoms with Gasteiger partial charge in [-0.25, -0.2) is 8.78 Å². The van der Waals surface area contributed by atoms with E-state index in [1.54, 1.807) is 6.92 Å². The van der Waals surface area contributed by atoms with Crippen LogP contribution in [0.15, 0.2) is 18.2 Å². The Kier molecular flexibility index (Phi) is 4.22. The van der Waals surface area contributed by atoms with E-state index in [2.05, 4.69) is 4.74 Å². The van der Waals surface area contributed by atoms with Gasteiger partial charge in [0.15, 0.2) is 11.6 Å². The Morgan fingerprint density at radius 1 is 1.44 bits per heavy atom. The standard InChI is InChI=1S/C11H12F2O3/c1-7(11(14)15-2)6-16-10-4-3-8(12)5-9(10)13/h3-5,7H,6H2,1-2H3. The van der Waals surface area contributed by atoms with Gasteiger partial charge in [0, 0.05) is 6.07 Å². The number of carbonyl (C=O) groups is 1. The van der Waals surface area contributed by atoms with Gasteiger partial charge in [0.2, 0.25) is 0 Å². The number of hydrogen-bond acceptors (Lipinski definition) is 3. The maximum absolute atomic E-state index is 13.1. The van der Waals surface area contributed by atoms with Crippen LogP contribution in [-0.4, -0.2) is 19.7 Å². The van der Waals surface area contributed by atoms with Crippen LogP contribution in [0.3, 0.4) is 0 Å². The maximum Gasteiger partial charge on any atom is 0.311 e. The second kappa shape index (κ2) is 5.44. The SMILES string of the molecule is COC(=O)C(C)COc1ccc(F)cc1F. The minimum atomic E-state index is -0.794. The molecule has 0 heterocycles. The van der Waals surface area contributed by atoms with Gasteiger partial charge in [0.25, 0.3) is 0 Å². The molecule has 5 heteroatoms. The zero-order valence-electron chi connectivity index (χ0n) is 9.00. The van der Waals surface area contributed by atoms with E-state index in [9.17, 15) is 13.6 Å². The lowest BCUT2D eigenvalue weighted by Crippen LogP contribution is -2.20. The zero-order valence-corrected chi connectivity index (χ0v) is 9.00. The largest absolute Gasteiger partial charge is 0.490 e. The van der Waals surface area contributed by atoms with Crippen molar-refractivity contribution in [3.63, 3.8) is 0 Å². The fourth-order valence-corrected chi connectivity index (χ4v) is 1.08. The Bertz CT molecular complexity index is 379. The van der Waals surface area contributed by atoms with Gasteiger partial charge < -0.3 is 9.47 Å². The van der Waals surface area contributed by atoms with Crippen molar-refractivity contribution in [2.24, 2.45) is 5.92 Å². The van der Waals surface area contributed by atoms with Crippen LogP contribution in [-0.2, 0) is 9.53 Å². The van der Waals surface area contributed by atoms with Gasteiger partial charge in [-0.05, 0) is 19.1 Å². The molecule has 1 atom stereocenters.